The van der Waals surface area contributed by atoms with Crippen molar-refractivity contribution in [1.29, 1.82) is 0 Å². The summed E-state index contributed by atoms with van der Waals surface area (Å²) in [6.45, 7) is 4.18. The van der Waals surface area contributed by atoms with Gasteiger partial charge in [-0.3, -0.25) is 0 Å². The minimum absolute atomic E-state index is 0.0993. The fourth-order valence-corrected chi connectivity index (χ4v) is 2.40. The molecule has 0 spiro atoms. The van der Waals surface area contributed by atoms with Crippen LogP contribution in [0.1, 0.15) is 35.6 Å². The molecule has 1 unspecified atom stereocenters. The van der Waals surface area contributed by atoms with Gasteiger partial charge in [0.1, 0.15) is 11.5 Å². The maximum absolute atomic E-state index is 5.83. The molecule has 0 aliphatic carbocycles. The maximum atomic E-state index is 5.83. The number of nitrogens with one attached hydrogen (secondary N) is 1. The second kappa shape index (κ2) is 5.72. The van der Waals surface area contributed by atoms with Crippen LogP contribution in [0.4, 0.5) is 0 Å². The van der Waals surface area contributed by atoms with Gasteiger partial charge >= 0.3 is 0 Å². The summed E-state index contributed by atoms with van der Waals surface area (Å²) in [7, 11) is 1.95. The highest BCUT2D eigenvalue weighted by atomic mass is 79.9. The van der Waals surface area contributed by atoms with Crippen LogP contribution < -0.4 is 5.32 Å². The van der Waals surface area contributed by atoms with E-state index in [4.69, 9.17) is 4.42 Å². The third-order valence-electron chi connectivity index (χ3n) is 3.13. The molecule has 0 saturated carbocycles. The van der Waals surface area contributed by atoms with E-state index in [1.807, 2.05) is 19.2 Å². The zero-order valence-electron chi connectivity index (χ0n) is 11.0. The highest BCUT2D eigenvalue weighted by Crippen LogP contribution is 2.27. The fraction of sp³-hybridized carbons (Fsp3) is 0.333. The van der Waals surface area contributed by atoms with Crippen LogP contribution in [0.3, 0.4) is 0 Å². The predicted octanol–water partition coefficient (Wildman–Crippen LogP) is 4.22. The van der Waals surface area contributed by atoms with E-state index in [0.717, 1.165) is 22.4 Å². The Morgan fingerprint density at radius 1 is 1.28 bits per heavy atom. The number of halogens is 1. The average molecular weight is 308 g/mol. The monoisotopic (exact) mass is 307 g/mol. The van der Waals surface area contributed by atoms with Crippen LogP contribution in [-0.2, 0) is 6.42 Å². The third-order valence-corrected chi connectivity index (χ3v) is 3.99. The summed E-state index contributed by atoms with van der Waals surface area (Å²) in [4.78, 5) is 0. The first-order valence-corrected chi connectivity index (χ1v) is 6.97. The Morgan fingerprint density at radius 2 is 2.06 bits per heavy atom. The van der Waals surface area contributed by atoms with Crippen molar-refractivity contribution in [1.82, 2.24) is 5.32 Å². The van der Waals surface area contributed by atoms with Crippen molar-refractivity contribution in [2.75, 3.05) is 7.05 Å². The summed E-state index contributed by atoms with van der Waals surface area (Å²) in [5, 5.41) is 3.30. The van der Waals surface area contributed by atoms with Gasteiger partial charge in [0.25, 0.3) is 0 Å². The molecule has 2 rings (SSSR count). The van der Waals surface area contributed by atoms with E-state index in [-0.39, 0.29) is 6.04 Å². The van der Waals surface area contributed by atoms with Crippen LogP contribution in [0.15, 0.2) is 39.2 Å². The quantitative estimate of drug-likeness (QED) is 0.915. The van der Waals surface area contributed by atoms with Gasteiger partial charge in [0.05, 0.1) is 6.04 Å². The highest BCUT2D eigenvalue weighted by molar-refractivity contribution is 9.10. The molecular formula is C15H18BrNO. The molecule has 0 aliphatic heterocycles. The van der Waals surface area contributed by atoms with Crippen molar-refractivity contribution in [3.8, 4) is 0 Å². The Hall–Kier alpha value is -1.06. The molecule has 1 heterocycles. The third kappa shape index (κ3) is 2.68. The molecule has 0 amide bonds. The minimum atomic E-state index is 0.0993. The number of hydrogen-bond donors (Lipinski definition) is 1. The van der Waals surface area contributed by atoms with Crippen molar-refractivity contribution in [2.45, 2.75) is 26.3 Å². The molecular weight excluding hydrogens is 290 g/mol. The van der Waals surface area contributed by atoms with Gasteiger partial charge in [-0.05, 0) is 43.3 Å². The smallest absolute Gasteiger partial charge is 0.125 e. The molecule has 0 aliphatic rings. The Kier molecular flexibility index (Phi) is 4.25. The zero-order chi connectivity index (χ0) is 13.1. The lowest BCUT2D eigenvalue weighted by Crippen LogP contribution is -2.17. The van der Waals surface area contributed by atoms with Gasteiger partial charge in [-0.2, -0.15) is 0 Å². The molecule has 0 radical (unpaired) electrons. The normalized spacial score (nSPS) is 12.7. The minimum Gasteiger partial charge on any atom is -0.464 e. The second-order valence-corrected chi connectivity index (χ2v) is 5.24. The molecule has 3 heteroatoms. The molecule has 1 atom stereocenters. The lowest BCUT2D eigenvalue weighted by atomic mass is 10.0. The first-order valence-electron chi connectivity index (χ1n) is 6.17. The van der Waals surface area contributed by atoms with Crippen LogP contribution in [-0.4, -0.2) is 7.05 Å². The fourth-order valence-electron chi connectivity index (χ4n) is 2.00. The summed E-state index contributed by atoms with van der Waals surface area (Å²) in [6, 6.07) is 10.6. The summed E-state index contributed by atoms with van der Waals surface area (Å²) in [6.07, 6.45) is 0.925. The van der Waals surface area contributed by atoms with E-state index in [0.29, 0.717) is 0 Å². The lowest BCUT2D eigenvalue weighted by molar-refractivity contribution is 0.434. The summed E-state index contributed by atoms with van der Waals surface area (Å²) < 4.78 is 6.96. The van der Waals surface area contributed by atoms with Gasteiger partial charge < -0.3 is 9.73 Å². The molecule has 1 aromatic carbocycles. The summed E-state index contributed by atoms with van der Waals surface area (Å²) >= 11 is 3.58. The Morgan fingerprint density at radius 3 is 2.61 bits per heavy atom. The van der Waals surface area contributed by atoms with Crippen LogP contribution in [0.5, 0.6) is 0 Å². The van der Waals surface area contributed by atoms with Gasteiger partial charge in [-0.15, -0.1) is 0 Å². The Labute approximate surface area is 117 Å². The average Bonchev–Trinajstić information content (AvgIpc) is 2.83. The van der Waals surface area contributed by atoms with Gasteiger partial charge in [-0.25, -0.2) is 0 Å². The molecule has 0 bridgehead atoms. The first kappa shape index (κ1) is 13.4. The van der Waals surface area contributed by atoms with Crippen LogP contribution in [0.2, 0.25) is 0 Å². The number of furan rings is 1. The van der Waals surface area contributed by atoms with E-state index in [1.54, 1.807) is 0 Å². The molecule has 0 saturated heterocycles. The molecule has 1 aromatic heterocycles. The van der Waals surface area contributed by atoms with Gasteiger partial charge in [0.2, 0.25) is 0 Å². The topological polar surface area (TPSA) is 25.2 Å². The van der Waals surface area contributed by atoms with Gasteiger partial charge in [0.15, 0.2) is 0 Å². The molecule has 0 fully saturated rings. The number of hydrogen-bond acceptors (Lipinski definition) is 2. The molecule has 2 nitrogen and oxygen atoms in total. The molecule has 96 valence electrons. The van der Waals surface area contributed by atoms with Crippen LogP contribution in [0.25, 0.3) is 0 Å². The summed E-state index contributed by atoms with van der Waals surface area (Å²) in [5.41, 5.74) is 2.44. The van der Waals surface area contributed by atoms with Crippen molar-refractivity contribution in [2.24, 2.45) is 0 Å². The van der Waals surface area contributed by atoms with E-state index >= 15 is 0 Å². The lowest BCUT2D eigenvalue weighted by Gasteiger charge is -2.15. The van der Waals surface area contributed by atoms with Crippen molar-refractivity contribution in [3.63, 3.8) is 0 Å². The van der Waals surface area contributed by atoms with Gasteiger partial charge in [-0.1, -0.05) is 35.0 Å². The highest BCUT2D eigenvalue weighted by Gasteiger charge is 2.16. The van der Waals surface area contributed by atoms with Crippen molar-refractivity contribution < 1.29 is 4.42 Å². The van der Waals surface area contributed by atoms with E-state index in [1.165, 1.54) is 11.1 Å². The second-order valence-electron chi connectivity index (χ2n) is 4.39. The number of rotatable bonds is 4. The molecule has 18 heavy (non-hydrogen) atoms. The van der Waals surface area contributed by atoms with Crippen LogP contribution >= 0.6 is 15.9 Å². The Balaban J connectivity index is 2.35. The van der Waals surface area contributed by atoms with Gasteiger partial charge in [0, 0.05) is 10.9 Å². The van der Waals surface area contributed by atoms with Crippen LogP contribution in [0, 0.1) is 6.92 Å². The number of aryl methyl sites for hydroxylation is 2. The molecule has 1 N–H and O–H groups in total. The summed E-state index contributed by atoms with van der Waals surface area (Å²) in [5.74, 6) is 1.99. The SMILES string of the molecule is CCc1ccc(C(NC)c2ccc(C)c(Br)c2)o1. The zero-order valence-corrected chi connectivity index (χ0v) is 12.5. The molecule has 2 aromatic rings. The number of benzene rings is 1. The largest absolute Gasteiger partial charge is 0.464 e. The maximum Gasteiger partial charge on any atom is 0.125 e. The predicted molar refractivity (Wildman–Crippen MR) is 77.9 cm³/mol. The van der Waals surface area contributed by atoms with Crippen molar-refractivity contribution in [3.05, 3.63) is 57.5 Å². The van der Waals surface area contributed by atoms with E-state index in [9.17, 15) is 0 Å². The standard InChI is InChI=1S/C15H18BrNO/c1-4-12-7-8-14(18-12)15(17-3)11-6-5-10(2)13(16)9-11/h5-9,15,17H,4H2,1-3H3. The first-order chi connectivity index (χ1) is 8.65. The van der Waals surface area contributed by atoms with E-state index < -0.39 is 0 Å². The van der Waals surface area contributed by atoms with Crippen molar-refractivity contribution >= 4 is 15.9 Å². The Bertz CT molecular complexity index is 533. The van der Waals surface area contributed by atoms with E-state index in [2.05, 4.69) is 53.3 Å².